The predicted octanol–water partition coefficient (Wildman–Crippen LogP) is 13.0. The van der Waals surface area contributed by atoms with Crippen molar-refractivity contribution >= 4 is 43.1 Å². The van der Waals surface area contributed by atoms with Crippen molar-refractivity contribution in [1.29, 1.82) is 0 Å². The van der Waals surface area contributed by atoms with E-state index >= 15 is 0 Å². The molecule has 0 unspecified atom stereocenters. The molecule has 0 nitrogen and oxygen atoms in total. The largest absolute Gasteiger partial charge is 0.0630 e. The summed E-state index contributed by atoms with van der Waals surface area (Å²) in [5.74, 6) is 0. The van der Waals surface area contributed by atoms with Crippen LogP contribution in [0.4, 0.5) is 0 Å². The van der Waals surface area contributed by atoms with Crippen molar-refractivity contribution in [2.24, 2.45) is 0 Å². The minimum atomic E-state index is -0.660. The van der Waals surface area contributed by atoms with Gasteiger partial charge in [0.2, 0.25) is 0 Å². The van der Waals surface area contributed by atoms with Crippen molar-refractivity contribution in [3.8, 4) is 44.5 Å². The van der Waals surface area contributed by atoms with Crippen LogP contribution in [0, 0.1) is 0 Å². The van der Waals surface area contributed by atoms with Gasteiger partial charge < -0.3 is 0 Å². The summed E-state index contributed by atoms with van der Waals surface area (Å²) in [6.45, 7) is 0. The lowest BCUT2D eigenvalue weighted by atomic mass is 9.83. The van der Waals surface area contributed by atoms with Crippen molar-refractivity contribution in [2.45, 2.75) is 0 Å². The van der Waals surface area contributed by atoms with Crippen LogP contribution in [0.15, 0.2) is 182 Å². The van der Waals surface area contributed by atoms with Gasteiger partial charge in [-0.15, -0.1) is 0 Å². The van der Waals surface area contributed by atoms with Crippen LogP contribution in [0.25, 0.3) is 87.6 Å². The smallest absolute Gasteiger partial charge is 0.0622 e. The molecule has 0 atom stereocenters. The second-order valence-corrected chi connectivity index (χ2v) is 11.2. The summed E-state index contributed by atoms with van der Waals surface area (Å²) in [5.41, 5.74) is 3.82. The number of hydrogen-bond acceptors (Lipinski definition) is 0. The summed E-state index contributed by atoms with van der Waals surface area (Å²) < 4.78 is 97.4. The molecule has 0 saturated heterocycles. The van der Waals surface area contributed by atoms with Crippen LogP contribution in [-0.2, 0) is 0 Å². The predicted molar refractivity (Wildman–Crippen MR) is 198 cm³/mol. The lowest BCUT2D eigenvalue weighted by Gasteiger charge is -2.20. The third kappa shape index (κ3) is 4.23. The van der Waals surface area contributed by atoms with E-state index in [1.807, 2.05) is 72.8 Å². The van der Waals surface area contributed by atoms with Gasteiger partial charge in [-0.1, -0.05) is 176 Å². The van der Waals surface area contributed by atoms with Crippen LogP contribution in [0.1, 0.15) is 15.1 Å². The van der Waals surface area contributed by atoms with Crippen molar-refractivity contribution in [3.63, 3.8) is 0 Å². The van der Waals surface area contributed by atoms with Crippen molar-refractivity contribution < 1.29 is 15.1 Å². The molecule has 9 rings (SSSR count). The molecule has 46 heavy (non-hydrogen) atoms. The molecule has 0 fully saturated rings. The van der Waals surface area contributed by atoms with Crippen molar-refractivity contribution in [1.82, 2.24) is 0 Å². The molecule has 0 aliphatic rings. The van der Waals surface area contributed by atoms with Gasteiger partial charge in [0.15, 0.2) is 0 Å². The Bertz CT molecular complexity index is 3120. The molecule has 0 aliphatic heterocycles. The molecule has 0 saturated carbocycles. The molecule has 0 heterocycles. The summed E-state index contributed by atoms with van der Waals surface area (Å²) in [4.78, 5) is 0. The minimum absolute atomic E-state index is 0.0789. The van der Waals surface area contributed by atoms with E-state index in [1.54, 1.807) is 0 Å². The SMILES string of the molecule is [2H]c1c([2H])c([2H])c(-c2c([2H])c([2H])c(-c3c4ccccc4c(-c4cccc(-c5cccc6ccccc56)c4)c4ccccc34)c3c([2H])c([2H])c([2H])c([2H])c23)c([2H])c1[2H]. The molecule has 0 radical (unpaired) electrons. The Morgan fingerprint density at radius 3 is 1.54 bits per heavy atom. The maximum Gasteiger partial charge on any atom is 0.0630 e. The van der Waals surface area contributed by atoms with E-state index in [0.29, 0.717) is 16.3 Å². The van der Waals surface area contributed by atoms with Crippen LogP contribution in [-0.4, -0.2) is 0 Å². The molecular weight excluding hydrogens is 553 g/mol. The first-order valence-electron chi connectivity index (χ1n) is 20.5. The standard InChI is InChI=1S/C46H30/c1-2-14-31(15-3-1)37-28-29-44(39-22-7-6-21-38(37)39)46-42-25-10-8-23-40(42)45(41-24-9-11-26-43(41)46)34-19-12-18-33(30-34)36-27-13-17-32-16-4-5-20-35(32)36/h1-30H/i1D,2D,3D,6D,7D,14D,15D,21D,22D,28D,29D. The number of hydrogen-bond donors (Lipinski definition) is 0. The average Bonchev–Trinajstić information content (AvgIpc) is 3.24. The van der Waals surface area contributed by atoms with Gasteiger partial charge in [0, 0.05) is 0 Å². The van der Waals surface area contributed by atoms with Crippen LogP contribution in [0.5, 0.6) is 0 Å². The van der Waals surface area contributed by atoms with E-state index in [0.717, 1.165) is 43.8 Å². The Morgan fingerprint density at radius 2 is 0.826 bits per heavy atom. The molecule has 9 aromatic carbocycles. The summed E-state index contributed by atoms with van der Waals surface area (Å²) in [6, 6.07) is 31.8. The number of rotatable bonds is 4. The van der Waals surface area contributed by atoms with E-state index < -0.39 is 72.0 Å². The first-order valence-corrected chi connectivity index (χ1v) is 15.0. The number of fused-ring (bicyclic) bond motifs is 4. The van der Waals surface area contributed by atoms with Crippen LogP contribution >= 0.6 is 0 Å². The number of benzene rings is 9. The molecule has 0 spiro atoms. The highest BCUT2D eigenvalue weighted by molar-refractivity contribution is 6.24. The van der Waals surface area contributed by atoms with Gasteiger partial charge >= 0.3 is 0 Å². The summed E-state index contributed by atoms with van der Waals surface area (Å²) in [6.07, 6.45) is 0. The van der Waals surface area contributed by atoms with Crippen molar-refractivity contribution in [2.75, 3.05) is 0 Å². The second-order valence-electron chi connectivity index (χ2n) is 11.2. The zero-order chi connectivity index (χ0) is 40.0. The lowest BCUT2D eigenvalue weighted by molar-refractivity contribution is 1.63. The highest BCUT2D eigenvalue weighted by Crippen LogP contribution is 2.46. The van der Waals surface area contributed by atoms with Crippen LogP contribution < -0.4 is 0 Å². The summed E-state index contributed by atoms with van der Waals surface area (Å²) >= 11 is 0. The lowest BCUT2D eigenvalue weighted by Crippen LogP contribution is -1.92. The molecule has 0 bridgehead atoms. The second kappa shape index (κ2) is 10.9. The first-order chi connectivity index (χ1) is 27.4. The molecule has 0 aromatic heterocycles. The first kappa shape index (κ1) is 17.5. The van der Waals surface area contributed by atoms with E-state index in [9.17, 15) is 4.11 Å². The maximum absolute atomic E-state index is 9.65. The van der Waals surface area contributed by atoms with E-state index in [2.05, 4.69) is 42.5 Å². The normalized spacial score (nSPS) is 14.8. The Morgan fingerprint density at radius 1 is 0.304 bits per heavy atom. The molecule has 214 valence electrons. The van der Waals surface area contributed by atoms with Gasteiger partial charge in [-0.25, -0.2) is 0 Å². The van der Waals surface area contributed by atoms with Gasteiger partial charge in [0.1, 0.15) is 0 Å². The van der Waals surface area contributed by atoms with Crippen molar-refractivity contribution in [3.05, 3.63) is 182 Å². The highest BCUT2D eigenvalue weighted by atomic mass is 14.2. The Balaban J connectivity index is 1.43. The van der Waals surface area contributed by atoms with Crippen LogP contribution in [0.3, 0.4) is 0 Å². The van der Waals surface area contributed by atoms with Gasteiger partial charge in [0.05, 0.1) is 15.1 Å². The molecule has 0 amide bonds. The fraction of sp³-hybridized carbons (Fsp3) is 0. The quantitative estimate of drug-likeness (QED) is 0.178. The zero-order valence-electron chi connectivity index (χ0n) is 35.5. The third-order valence-electron chi connectivity index (χ3n) is 8.68. The summed E-state index contributed by atoms with van der Waals surface area (Å²) in [5, 5.41) is 4.97. The zero-order valence-corrected chi connectivity index (χ0v) is 24.5. The highest BCUT2D eigenvalue weighted by Gasteiger charge is 2.19. The van der Waals surface area contributed by atoms with Gasteiger partial charge in [-0.3, -0.25) is 0 Å². The molecular formula is C46H30. The summed E-state index contributed by atoms with van der Waals surface area (Å²) in [7, 11) is 0. The molecule has 0 N–H and O–H groups in total. The van der Waals surface area contributed by atoms with Gasteiger partial charge in [0.25, 0.3) is 0 Å². The Labute approximate surface area is 284 Å². The minimum Gasteiger partial charge on any atom is -0.0622 e. The average molecular weight is 594 g/mol. The Hall–Kier alpha value is -5.98. The topological polar surface area (TPSA) is 0 Å². The van der Waals surface area contributed by atoms with Gasteiger partial charge in [-0.05, 0) is 93.7 Å². The fourth-order valence-corrected chi connectivity index (χ4v) is 6.72. The monoisotopic (exact) mass is 593 g/mol. The molecule has 9 aromatic rings. The maximum atomic E-state index is 9.65. The third-order valence-corrected chi connectivity index (χ3v) is 8.68. The van der Waals surface area contributed by atoms with E-state index in [4.69, 9.17) is 11.0 Å². The molecule has 0 aliphatic carbocycles. The van der Waals surface area contributed by atoms with Gasteiger partial charge in [-0.2, -0.15) is 0 Å². The fourth-order valence-electron chi connectivity index (χ4n) is 6.72. The van der Waals surface area contributed by atoms with Crippen LogP contribution in [0.2, 0.25) is 0 Å². The van der Waals surface area contributed by atoms with E-state index in [1.165, 1.54) is 0 Å². The van der Waals surface area contributed by atoms with E-state index in [-0.39, 0.29) is 21.9 Å². The Kier molecular flexibility index (Phi) is 4.14. The molecule has 0 heteroatoms.